The molecule has 1 N–H and O–H groups in total. The van der Waals surface area contributed by atoms with E-state index >= 15 is 0 Å². The van der Waals surface area contributed by atoms with Crippen LogP contribution in [0.1, 0.15) is 36.0 Å². The Kier molecular flexibility index (Phi) is 4.94. The van der Waals surface area contributed by atoms with Gasteiger partial charge in [-0.3, -0.25) is 14.9 Å². The van der Waals surface area contributed by atoms with Crippen molar-refractivity contribution in [2.45, 2.75) is 31.7 Å². The molecule has 0 spiro atoms. The first-order chi connectivity index (χ1) is 11.9. The zero-order chi connectivity index (χ0) is 18.0. The number of carbonyl (C=O) groups excluding carboxylic acids is 1. The van der Waals surface area contributed by atoms with E-state index in [1.165, 1.54) is 6.07 Å². The molecule has 2 fully saturated rings. The van der Waals surface area contributed by atoms with Crippen molar-refractivity contribution in [3.8, 4) is 0 Å². The molecule has 25 heavy (non-hydrogen) atoms. The smallest absolute Gasteiger partial charge is 0.293 e. The molecule has 0 unspecified atom stereocenters. The summed E-state index contributed by atoms with van der Waals surface area (Å²) in [6.45, 7) is 1.54. The number of nitro groups is 1. The molecule has 0 radical (unpaired) electrons. The molecule has 8 nitrogen and oxygen atoms in total. The fraction of sp³-hybridized carbons (Fsp3) is 0.562. The largest absolute Gasteiger partial charge is 0.366 e. The van der Waals surface area contributed by atoms with Gasteiger partial charge in [0.2, 0.25) is 0 Å². The lowest BCUT2D eigenvalue weighted by atomic mass is 10.1. The molecule has 2 aliphatic rings. The van der Waals surface area contributed by atoms with E-state index in [1.807, 2.05) is 4.90 Å². The number of amides is 1. The highest BCUT2D eigenvalue weighted by Gasteiger charge is 2.30. The second kappa shape index (κ2) is 6.99. The van der Waals surface area contributed by atoms with Gasteiger partial charge in [0.1, 0.15) is 5.69 Å². The minimum Gasteiger partial charge on any atom is -0.366 e. The molecule has 0 saturated carbocycles. The maximum Gasteiger partial charge on any atom is 0.293 e. The molecule has 2 heterocycles. The van der Waals surface area contributed by atoms with Crippen molar-refractivity contribution in [2.24, 2.45) is 0 Å². The van der Waals surface area contributed by atoms with E-state index in [0.717, 1.165) is 32.4 Å². The van der Waals surface area contributed by atoms with E-state index in [4.69, 9.17) is 0 Å². The van der Waals surface area contributed by atoms with Gasteiger partial charge in [-0.1, -0.05) is 0 Å². The average Bonchev–Trinajstić information content (AvgIpc) is 2.93. The highest BCUT2D eigenvalue weighted by atomic mass is 32.2. The lowest BCUT2D eigenvalue weighted by Crippen LogP contribution is -2.35. The van der Waals surface area contributed by atoms with Gasteiger partial charge >= 0.3 is 0 Å². The Hall–Kier alpha value is -2.16. The summed E-state index contributed by atoms with van der Waals surface area (Å²) in [4.78, 5) is 25.3. The van der Waals surface area contributed by atoms with E-state index in [2.05, 4.69) is 5.32 Å². The molecule has 1 atom stereocenters. The van der Waals surface area contributed by atoms with E-state index in [9.17, 15) is 23.3 Å². The van der Waals surface area contributed by atoms with Gasteiger partial charge in [-0.05, 0) is 37.8 Å². The standard InChI is InChI=1S/C16H21N3O5S/c20-16(17-13-6-9-25(23,24)11-13)12-4-5-14(15(10-12)19(21)22)18-7-2-1-3-8-18/h4-5,10,13H,1-3,6-9,11H2,(H,17,20)/t13-/m1/s1. The van der Waals surface area contributed by atoms with Crippen molar-refractivity contribution in [1.82, 2.24) is 5.32 Å². The van der Waals surface area contributed by atoms with Gasteiger partial charge in [-0.25, -0.2) is 8.42 Å². The van der Waals surface area contributed by atoms with Crippen LogP contribution in [0.15, 0.2) is 18.2 Å². The molecule has 2 saturated heterocycles. The number of benzene rings is 1. The molecule has 1 amide bonds. The Morgan fingerprint density at radius 3 is 2.56 bits per heavy atom. The first kappa shape index (κ1) is 17.7. The third-order valence-corrected chi connectivity index (χ3v) is 6.47. The van der Waals surface area contributed by atoms with Crippen LogP contribution < -0.4 is 10.2 Å². The minimum absolute atomic E-state index is 0.0615. The number of nitro benzene ring substituents is 1. The van der Waals surface area contributed by atoms with Gasteiger partial charge in [0.15, 0.2) is 9.84 Å². The van der Waals surface area contributed by atoms with Crippen LogP contribution in [0.3, 0.4) is 0 Å². The topological polar surface area (TPSA) is 110 Å². The molecular weight excluding hydrogens is 346 g/mol. The Balaban J connectivity index is 1.79. The van der Waals surface area contributed by atoms with Crippen LogP contribution in [-0.4, -0.2) is 49.9 Å². The molecule has 0 aromatic heterocycles. The molecule has 0 bridgehead atoms. The van der Waals surface area contributed by atoms with Crippen LogP contribution in [-0.2, 0) is 9.84 Å². The van der Waals surface area contributed by atoms with E-state index in [0.29, 0.717) is 12.1 Å². The van der Waals surface area contributed by atoms with Crippen LogP contribution in [0, 0.1) is 10.1 Å². The SMILES string of the molecule is O=C(N[C@@H]1CCS(=O)(=O)C1)c1ccc(N2CCCCC2)c([N+](=O)[O-])c1. The van der Waals surface area contributed by atoms with Crippen molar-refractivity contribution in [1.29, 1.82) is 0 Å². The number of nitrogens with zero attached hydrogens (tertiary/aromatic N) is 2. The summed E-state index contributed by atoms with van der Waals surface area (Å²) in [5.41, 5.74) is 0.620. The van der Waals surface area contributed by atoms with Gasteiger partial charge in [-0.2, -0.15) is 0 Å². The molecule has 0 aliphatic carbocycles. The van der Waals surface area contributed by atoms with Crippen molar-refractivity contribution < 1.29 is 18.1 Å². The maximum atomic E-state index is 12.3. The maximum absolute atomic E-state index is 12.3. The lowest BCUT2D eigenvalue weighted by Gasteiger charge is -2.28. The van der Waals surface area contributed by atoms with Gasteiger partial charge in [0.25, 0.3) is 11.6 Å². The first-order valence-corrected chi connectivity index (χ1v) is 10.2. The highest BCUT2D eigenvalue weighted by Crippen LogP contribution is 2.31. The van der Waals surface area contributed by atoms with Crippen LogP contribution in [0.4, 0.5) is 11.4 Å². The second-order valence-electron chi connectivity index (χ2n) is 6.58. The number of rotatable bonds is 4. The van der Waals surface area contributed by atoms with Gasteiger partial charge < -0.3 is 10.2 Å². The molecule has 1 aromatic carbocycles. The lowest BCUT2D eigenvalue weighted by molar-refractivity contribution is -0.384. The fourth-order valence-corrected chi connectivity index (χ4v) is 5.06. The summed E-state index contributed by atoms with van der Waals surface area (Å²) in [6, 6.07) is 4.03. The summed E-state index contributed by atoms with van der Waals surface area (Å²) >= 11 is 0. The number of sulfone groups is 1. The minimum atomic E-state index is -3.10. The number of hydrogen-bond acceptors (Lipinski definition) is 6. The van der Waals surface area contributed by atoms with Crippen LogP contribution in [0.25, 0.3) is 0 Å². The zero-order valence-corrected chi connectivity index (χ0v) is 14.6. The number of carbonyl (C=O) groups is 1. The quantitative estimate of drug-likeness (QED) is 0.638. The molecule has 2 aliphatic heterocycles. The Bertz CT molecular complexity index is 787. The number of piperidine rings is 1. The molecule has 1 aromatic rings. The van der Waals surface area contributed by atoms with Crippen molar-refractivity contribution in [3.63, 3.8) is 0 Å². The van der Waals surface area contributed by atoms with E-state index < -0.39 is 26.7 Å². The van der Waals surface area contributed by atoms with Crippen LogP contribution >= 0.6 is 0 Å². The number of anilines is 1. The summed E-state index contributed by atoms with van der Waals surface area (Å²) < 4.78 is 23.0. The Morgan fingerprint density at radius 2 is 1.96 bits per heavy atom. The van der Waals surface area contributed by atoms with Gasteiger partial charge in [0.05, 0.1) is 16.4 Å². The predicted octanol–water partition coefficient (Wildman–Crippen LogP) is 1.50. The van der Waals surface area contributed by atoms with Crippen LogP contribution in [0.2, 0.25) is 0 Å². The fourth-order valence-electron chi connectivity index (χ4n) is 3.39. The molecule has 9 heteroatoms. The Morgan fingerprint density at radius 1 is 1.24 bits per heavy atom. The predicted molar refractivity (Wildman–Crippen MR) is 93.7 cm³/mol. The molecular formula is C16H21N3O5S. The average molecular weight is 367 g/mol. The summed E-state index contributed by atoms with van der Waals surface area (Å²) in [5.74, 6) is -0.492. The number of hydrogen-bond donors (Lipinski definition) is 1. The second-order valence-corrected chi connectivity index (χ2v) is 8.81. The highest BCUT2D eigenvalue weighted by molar-refractivity contribution is 7.91. The van der Waals surface area contributed by atoms with Crippen molar-refractivity contribution >= 4 is 27.1 Å². The van der Waals surface area contributed by atoms with Crippen molar-refractivity contribution in [2.75, 3.05) is 29.5 Å². The van der Waals surface area contributed by atoms with E-state index in [-0.39, 0.29) is 22.8 Å². The monoisotopic (exact) mass is 367 g/mol. The Labute approximate surface area is 146 Å². The summed E-state index contributed by atoms with van der Waals surface area (Å²) in [7, 11) is -3.10. The van der Waals surface area contributed by atoms with Gasteiger partial charge in [-0.15, -0.1) is 0 Å². The zero-order valence-electron chi connectivity index (χ0n) is 13.8. The number of nitrogens with one attached hydrogen (secondary N) is 1. The first-order valence-electron chi connectivity index (χ1n) is 8.40. The summed E-state index contributed by atoms with van der Waals surface area (Å²) in [5, 5.41) is 14.1. The third kappa shape index (κ3) is 4.09. The van der Waals surface area contributed by atoms with Gasteiger partial charge in [0, 0.05) is 30.8 Å². The third-order valence-electron chi connectivity index (χ3n) is 4.70. The summed E-state index contributed by atoms with van der Waals surface area (Å²) in [6.07, 6.45) is 3.49. The van der Waals surface area contributed by atoms with E-state index in [1.54, 1.807) is 12.1 Å². The van der Waals surface area contributed by atoms with Crippen molar-refractivity contribution in [3.05, 3.63) is 33.9 Å². The molecule has 3 rings (SSSR count). The molecule has 136 valence electrons. The van der Waals surface area contributed by atoms with Crippen LogP contribution in [0.5, 0.6) is 0 Å². The normalized spacial score (nSPS) is 22.6.